The number of hydrogen-bond donors (Lipinski definition) is 1. The zero-order chi connectivity index (χ0) is 8.27. The summed E-state index contributed by atoms with van der Waals surface area (Å²) >= 11 is 0. The monoisotopic (exact) mass is 148 g/mol. The van der Waals surface area contributed by atoms with Crippen LogP contribution in [0.15, 0.2) is 12.4 Å². The van der Waals surface area contributed by atoms with E-state index in [1.165, 1.54) is 6.33 Å². The van der Waals surface area contributed by atoms with Gasteiger partial charge in [0.05, 0.1) is 17.7 Å². The second-order valence-electron chi connectivity index (χ2n) is 2.22. The van der Waals surface area contributed by atoms with E-state index in [1.54, 1.807) is 13.0 Å². The van der Waals surface area contributed by atoms with Crippen LogP contribution in [0.5, 0.6) is 0 Å². The maximum atomic E-state index is 8.53. The van der Waals surface area contributed by atoms with Gasteiger partial charge in [-0.2, -0.15) is 5.26 Å². The SMILES string of the molecule is CC(C#N)c1cc(N)ncn1. The van der Waals surface area contributed by atoms with E-state index in [1.807, 2.05) is 0 Å². The fraction of sp³-hybridized carbons (Fsp3) is 0.286. The Hall–Kier alpha value is -1.63. The van der Waals surface area contributed by atoms with Crippen molar-refractivity contribution >= 4 is 5.82 Å². The molecule has 0 aliphatic carbocycles. The van der Waals surface area contributed by atoms with E-state index in [4.69, 9.17) is 11.0 Å². The zero-order valence-electron chi connectivity index (χ0n) is 6.15. The highest BCUT2D eigenvalue weighted by Crippen LogP contribution is 2.11. The molecule has 1 aromatic heterocycles. The quantitative estimate of drug-likeness (QED) is 0.635. The molecule has 0 amide bonds. The Labute approximate surface area is 64.7 Å². The molecule has 0 radical (unpaired) electrons. The number of rotatable bonds is 1. The Morgan fingerprint density at radius 2 is 2.36 bits per heavy atom. The number of nitrogens with two attached hydrogens (primary N) is 1. The number of nitrogen functional groups attached to an aromatic ring is 1. The van der Waals surface area contributed by atoms with Gasteiger partial charge in [-0.25, -0.2) is 9.97 Å². The summed E-state index contributed by atoms with van der Waals surface area (Å²) in [4.78, 5) is 7.61. The van der Waals surface area contributed by atoms with Gasteiger partial charge in [-0.3, -0.25) is 0 Å². The van der Waals surface area contributed by atoms with Crippen molar-refractivity contribution in [1.29, 1.82) is 5.26 Å². The first-order valence-electron chi connectivity index (χ1n) is 3.21. The number of hydrogen-bond acceptors (Lipinski definition) is 4. The summed E-state index contributed by atoms with van der Waals surface area (Å²) in [7, 11) is 0. The molecule has 0 fully saturated rings. The smallest absolute Gasteiger partial charge is 0.127 e. The molecule has 1 unspecified atom stereocenters. The Kier molecular flexibility index (Phi) is 2.02. The summed E-state index contributed by atoms with van der Waals surface area (Å²) in [6.07, 6.45) is 1.36. The molecule has 0 spiro atoms. The lowest BCUT2D eigenvalue weighted by atomic mass is 10.1. The first-order chi connectivity index (χ1) is 5.24. The third-order valence-corrected chi connectivity index (χ3v) is 1.35. The number of anilines is 1. The first kappa shape index (κ1) is 7.48. The topological polar surface area (TPSA) is 75.6 Å². The van der Waals surface area contributed by atoms with Crippen LogP contribution < -0.4 is 5.73 Å². The summed E-state index contributed by atoms with van der Waals surface area (Å²) in [6.45, 7) is 1.77. The fourth-order valence-electron chi connectivity index (χ4n) is 0.691. The van der Waals surface area contributed by atoms with E-state index in [9.17, 15) is 0 Å². The highest BCUT2D eigenvalue weighted by atomic mass is 14.9. The van der Waals surface area contributed by atoms with Crippen LogP contribution in [0.2, 0.25) is 0 Å². The third-order valence-electron chi connectivity index (χ3n) is 1.35. The minimum Gasteiger partial charge on any atom is -0.384 e. The average Bonchev–Trinajstić information content (AvgIpc) is 2.03. The maximum Gasteiger partial charge on any atom is 0.127 e. The maximum absolute atomic E-state index is 8.53. The van der Waals surface area contributed by atoms with Gasteiger partial charge >= 0.3 is 0 Å². The van der Waals surface area contributed by atoms with E-state index in [0.717, 1.165) is 0 Å². The highest BCUT2D eigenvalue weighted by molar-refractivity contribution is 5.30. The predicted molar refractivity (Wildman–Crippen MR) is 40.5 cm³/mol. The molecule has 0 aliphatic heterocycles. The molecule has 2 N–H and O–H groups in total. The van der Waals surface area contributed by atoms with Crippen molar-refractivity contribution in [2.75, 3.05) is 5.73 Å². The molecular formula is C7H8N4. The molecule has 56 valence electrons. The van der Waals surface area contributed by atoms with E-state index in [0.29, 0.717) is 11.5 Å². The van der Waals surface area contributed by atoms with Crippen LogP contribution in [0.1, 0.15) is 18.5 Å². The van der Waals surface area contributed by atoms with Crippen LogP contribution in [-0.4, -0.2) is 9.97 Å². The normalized spacial score (nSPS) is 12.0. The van der Waals surface area contributed by atoms with Crippen molar-refractivity contribution in [2.45, 2.75) is 12.8 Å². The Morgan fingerprint density at radius 3 is 2.91 bits per heavy atom. The Bertz CT molecular complexity index is 289. The highest BCUT2D eigenvalue weighted by Gasteiger charge is 2.04. The van der Waals surface area contributed by atoms with E-state index in [-0.39, 0.29) is 5.92 Å². The molecule has 0 bridgehead atoms. The number of aromatic nitrogens is 2. The van der Waals surface area contributed by atoms with Gasteiger partial charge in [-0.15, -0.1) is 0 Å². The van der Waals surface area contributed by atoms with Gasteiger partial charge in [0.1, 0.15) is 12.1 Å². The fourth-order valence-corrected chi connectivity index (χ4v) is 0.691. The van der Waals surface area contributed by atoms with E-state index in [2.05, 4.69) is 16.0 Å². The molecule has 4 heteroatoms. The van der Waals surface area contributed by atoms with Gasteiger partial charge in [0.2, 0.25) is 0 Å². The second-order valence-corrected chi connectivity index (χ2v) is 2.22. The van der Waals surface area contributed by atoms with Gasteiger partial charge < -0.3 is 5.73 Å². The minimum atomic E-state index is -0.222. The lowest BCUT2D eigenvalue weighted by Crippen LogP contribution is -1.98. The van der Waals surface area contributed by atoms with Gasteiger partial charge in [0.15, 0.2) is 0 Å². The first-order valence-corrected chi connectivity index (χ1v) is 3.21. The van der Waals surface area contributed by atoms with Crippen LogP contribution in [0.25, 0.3) is 0 Å². The van der Waals surface area contributed by atoms with Crippen LogP contribution in [0.3, 0.4) is 0 Å². The third kappa shape index (κ3) is 1.64. The van der Waals surface area contributed by atoms with Crippen molar-refractivity contribution in [3.8, 4) is 6.07 Å². The van der Waals surface area contributed by atoms with Gasteiger partial charge in [-0.1, -0.05) is 0 Å². The van der Waals surface area contributed by atoms with Crippen LogP contribution >= 0.6 is 0 Å². The second kappa shape index (κ2) is 2.97. The standard InChI is InChI=1S/C7H8N4/c1-5(3-8)6-2-7(9)11-4-10-6/h2,4-5H,1H3,(H2,9,10,11). The molecule has 0 aliphatic rings. The Balaban J connectivity index is 2.98. The van der Waals surface area contributed by atoms with E-state index < -0.39 is 0 Å². The Morgan fingerprint density at radius 1 is 1.64 bits per heavy atom. The van der Waals surface area contributed by atoms with Gasteiger partial charge in [0.25, 0.3) is 0 Å². The lowest BCUT2D eigenvalue weighted by Gasteiger charge is -2.00. The molecule has 11 heavy (non-hydrogen) atoms. The van der Waals surface area contributed by atoms with Gasteiger partial charge in [0, 0.05) is 6.07 Å². The average molecular weight is 148 g/mol. The molecule has 1 heterocycles. The summed E-state index contributed by atoms with van der Waals surface area (Å²) < 4.78 is 0. The van der Waals surface area contributed by atoms with Crippen molar-refractivity contribution < 1.29 is 0 Å². The molecule has 0 aromatic carbocycles. The van der Waals surface area contributed by atoms with Gasteiger partial charge in [-0.05, 0) is 6.92 Å². The molecule has 0 saturated heterocycles. The van der Waals surface area contributed by atoms with Crippen molar-refractivity contribution in [3.05, 3.63) is 18.1 Å². The minimum absolute atomic E-state index is 0.222. The van der Waals surface area contributed by atoms with Crippen molar-refractivity contribution in [2.24, 2.45) is 0 Å². The van der Waals surface area contributed by atoms with Crippen molar-refractivity contribution in [3.63, 3.8) is 0 Å². The summed E-state index contributed by atoms with van der Waals surface area (Å²) in [5, 5.41) is 8.53. The van der Waals surface area contributed by atoms with E-state index >= 15 is 0 Å². The largest absolute Gasteiger partial charge is 0.384 e. The van der Waals surface area contributed by atoms with Crippen LogP contribution in [0.4, 0.5) is 5.82 Å². The van der Waals surface area contributed by atoms with Crippen LogP contribution in [0, 0.1) is 11.3 Å². The lowest BCUT2D eigenvalue weighted by molar-refractivity contribution is 0.906. The summed E-state index contributed by atoms with van der Waals surface area (Å²) in [5.74, 6) is 0.178. The molecular weight excluding hydrogens is 140 g/mol. The number of nitrogens with zero attached hydrogens (tertiary/aromatic N) is 3. The predicted octanol–water partition coefficient (Wildman–Crippen LogP) is 0.686. The zero-order valence-corrected chi connectivity index (χ0v) is 6.15. The molecule has 1 atom stereocenters. The molecule has 4 nitrogen and oxygen atoms in total. The molecule has 1 rings (SSSR count). The number of nitriles is 1. The molecule has 0 saturated carbocycles. The van der Waals surface area contributed by atoms with Crippen LogP contribution in [-0.2, 0) is 0 Å². The van der Waals surface area contributed by atoms with Crippen molar-refractivity contribution in [1.82, 2.24) is 9.97 Å². The summed E-state index contributed by atoms with van der Waals surface area (Å²) in [5.41, 5.74) is 6.06. The summed E-state index contributed by atoms with van der Waals surface area (Å²) in [6, 6.07) is 3.67. The molecule has 1 aromatic rings.